The second-order valence-corrected chi connectivity index (χ2v) is 4.77. The third-order valence-electron chi connectivity index (χ3n) is 1.91. The summed E-state index contributed by atoms with van der Waals surface area (Å²) in [5.74, 6) is 1.60. The second kappa shape index (κ2) is 4.89. The lowest BCUT2D eigenvalue weighted by Gasteiger charge is -2.34. The van der Waals surface area contributed by atoms with Crippen LogP contribution in [-0.2, 0) is 0 Å². The van der Waals surface area contributed by atoms with Gasteiger partial charge >= 0.3 is 6.18 Å². The Balaban J connectivity index is 2.45. The maximum Gasteiger partial charge on any atom is 0.401 e. The minimum absolute atomic E-state index is 0.0281. The average Bonchev–Trinajstić information content (AvgIpc) is 2.02. The number of nitrogens with zero attached hydrogens (tertiary/aromatic N) is 1. The molecule has 0 bridgehead atoms. The SMILES string of the molecule is FC(F)(F)CN1CCSCC1CBr. The van der Waals surface area contributed by atoms with E-state index in [1.165, 1.54) is 4.90 Å². The highest BCUT2D eigenvalue weighted by molar-refractivity contribution is 9.09. The molecule has 1 atom stereocenters. The Labute approximate surface area is 88.2 Å². The highest BCUT2D eigenvalue weighted by Gasteiger charge is 2.34. The van der Waals surface area contributed by atoms with Gasteiger partial charge in [-0.25, -0.2) is 0 Å². The fourth-order valence-electron chi connectivity index (χ4n) is 1.27. The third kappa shape index (κ3) is 4.08. The summed E-state index contributed by atoms with van der Waals surface area (Å²) in [6, 6.07) is 0.0281. The zero-order chi connectivity index (χ0) is 9.90. The van der Waals surface area contributed by atoms with Crippen molar-refractivity contribution in [3.63, 3.8) is 0 Å². The molecule has 1 aliphatic rings. The molecule has 1 heterocycles. The van der Waals surface area contributed by atoms with Crippen molar-refractivity contribution in [3.05, 3.63) is 0 Å². The van der Waals surface area contributed by atoms with Crippen molar-refractivity contribution < 1.29 is 13.2 Å². The first-order valence-electron chi connectivity index (χ1n) is 3.97. The zero-order valence-corrected chi connectivity index (χ0v) is 9.38. The number of rotatable bonds is 2. The molecule has 1 unspecified atom stereocenters. The van der Waals surface area contributed by atoms with Crippen molar-refractivity contribution >= 4 is 27.7 Å². The Kier molecular flexibility index (Phi) is 4.38. The predicted molar refractivity (Wildman–Crippen MR) is 52.5 cm³/mol. The molecule has 1 saturated heterocycles. The molecule has 0 aromatic heterocycles. The van der Waals surface area contributed by atoms with Crippen LogP contribution in [0, 0.1) is 0 Å². The molecule has 78 valence electrons. The molecular weight excluding hydrogens is 267 g/mol. The lowest BCUT2D eigenvalue weighted by molar-refractivity contribution is -0.148. The van der Waals surface area contributed by atoms with E-state index in [9.17, 15) is 13.2 Å². The highest BCUT2D eigenvalue weighted by Crippen LogP contribution is 2.23. The average molecular weight is 278 g/mol. The summed E-state index contributed by atoms with van der Waals surface area (Å²) in [6.07, 6.45) is -4.07. The van der Waals surface area contributed by atoms with Gasteiger partial charge in [0.05, 0.1) is 6.54 Å². The Morgan fingerprint density at radius 1 is 1.46 bits per heavy atom. The Morgan fingerprint density at radius 2 is 2.15 bits per heavy atom. The standard InChI is InChI=1S/C7H11BrF3NS/c8-3-6-4-13-2-1-12(6)5-7(9,10)11/h6H,1-5H2. The Hall–Kier alpha value is 0.580. The van der Waals surface area contributed by atoms with Gasteiger partial charge in [-0.15, -0.1) is 0 Å². The van der Waals surface area contributed by atoms with Crippen molar-refractivity contribution in [2.24, 2.45) is 0 Å². The quantitative estimate of drug-likeness (QED) is 0.713. The maximum absolute atomic E-state index is 12.1. The second-order valence-electron chi connectivity index (χ2n) is 2.97. The van der Waals surface area contributed by atoms with Crippen molar-refractivity contribution in [2.75, 3.05) is 29.9 Å². The van der Waals surface area contributed by atoms with Crippen molar-refractivity contribution in [2.45, 2.75) is 12.2 Å². The molecule has 0 aromatic carbocycles. The molecule has 0 radical (unpaired) electrons. The minimum atomic E-state index is -4.07. The Bertz CT molecular complexity index is 164. The van der Waals surface area contributed by atoms with Crippen molar-refractivity contribution in [1.29, 1.82) is 0 Å². The van der Waals surface area contributed by atoms with Crippen molar-refractivity contribution in [3.8, 4) is 0 Å². The van der Waals surface area contributed by atoms with Crippen LogP contribution in [-0.4, -0.2) is 47.0 Å². The fraction of sp³-hybridized carbons (Fsp3) is 1.00. The number of alkyl halides is 4. The summed E-state index contributed by atoms with van der Waals surface area (Å²) in [7, 11) is 0. The van der Waals surface area contributed by atoms with Gasteiger partial charge in [-0.1, -0.05) is 15.9 Å². The number of thioether (sulfide) groups is 1. The van der Waals surface area contributed by atoms with E-state index in [-0.39, 0.29) is 6.04 Å². The van der Waals surface area contributed by atoms with Gasteiger partial charge in [0.2, 0.25) is 0 Å². The third-order valence-corrected chi connectivity index (χ3v) is 3.75. The van der Waals surface area contributed by atoms with E-state index < -0.39 is 12.7 Å². The lowest BCUT2D eigenvalue weighted by atomic mass is 10.3. The Morgan fingerprint density at radius 3 is 2.69 bits per heavy atom. The predicted octanol–water partition coefficient (Wildman–Crippen LogP) is 2.36. The van der Waals surface area contributed by atoms with Gasteiger partial charge in [-0.05, 0) is 0 Å². The van der Waals surface area contributed by atoms with Gasteiger partial charge in [0.15, 0.2) is 0 Å². The first kappa shape index (κ1) is 11.7. The van der Waals surface area contributed by atoms with Gasteiger partial charge in [-0.3, -0.25) is 4.90 Å². The van der Waals surface area contributed by atoms with Crippen LogP contribution < -0.4 is 0 Å². The van der Waals surface area contributed by atoms with Crippen LogP contribution in [0.4, 0.5) is 13.2 Å². The van der Waals surface area contributed by atoms with Crippen LogP contribution in [0.2, 0.25) is 0 Å². The van der Waals surface area contributed by atoms with Crippen LogP contribution >= 0.6 is 27.7 Å². The molecule has 1 nitrogen and oxygen atoms in total. The van der Waals surface area contributed by atoms with E-state index >= 15 is 0 Å². The largest absolute Gasteiger partial charge is 0.401 e. The summed E-state index contributed by atoms with van der Waals surface area (Å²) in [5.41, 5.74) is 0. The lowest BCUT2D eigenvalue weighted by Crippen LogP contribution is -2.47. The zero-order valence-electron chi connectivity index (χ0n) is 6.98. The van der Waals surface area contributed by atoms with Gasteiger partial charge in [-0.2, -0.15) is 24.9 Å². The summed E-state index contributed by atoms with van der Waals surface area (Å²) in [5, 5.41) is 0.621. The summed E-state index contributed by atoms with van der Waals surface area (Å²) < 4.78 is 36.3. The molecule has 1 rings (SSSR count). The highest BCUT2D eigenvalue weighted by atomic mass is 79.9. The van der Waals surface area contributed by atoms with Crippen molar-refractivity contribution in [1.82, 2.24) is 4.90 Å². The molecule has 0 saturated carbocycles. The van der Waals surface area contributed by atoms with E-state index in [4.69, 9.17) is 0 Å². The van der Waals surface area contributed by atoms with E-state index in [1.807, 2.05) is 0 Å². The van der Waals surface area contributed by atoms with Crippen LogP contribution in [0.15, 0.2) is 0 Å². The van der Waals surface area contributed by atoms with Crippen LogP contribution in [0.1, 0.15) is 0 Å². The molecule has 13 heavy (non-hydrogen) atoms. The molecular formula is C7H11BrF3NS. The molecule has 1 aliphatic heterocycles. The van der Waals surface area contributed by atoms with E-state index in [1.54, 1.807) is 11.8 Å². The molecule has 0 aromatic rings. The van der Waals surface area contributed by atoms with Gasteiger partial charge in [0.1, 0.15) is 0 Å². The van der Waals surface area contributed by atoms with Crippen LogP contribution in [0.25, 0.3) is 0 Å². The number of hydrogen-bond donors (Lipinski definition) is 0. The van der Waals surface area contributed by atoms with Crippen LogP contribution in [0.5, 0.6) is 0 Å². The first-order chi connectivity index (χ1) is 6.03. The van der Waals surface area contributed by atoms with Gasteiger partial charge in [0, 0.05) is 29.4 Å². The van der Waals surface area contributed by atoms with Gasteiger partial charge in [0.25, 0.3) is 0 Å². The smallest absolute Gasteiger partial charge is 0.290 e. The normalized spacial score (nSPS) is 26.3. The molecule has 0 aliphatic carbocycles. The molecule has 6 heteroatoms. The summed E-state index contributed by atoms with van der Waals surface area (Å²) in [4.78, 5) is 1.51. The molecule has 0 spiro atoms. The monoisotopic (exact) mass is 277 g/mol. The molecule has 0 N–H and O–H groups in total. The van der Waals surface area contributed by atoms with Crippen LogP contribution in [0.3, 0.4) is 0 Å². The summed E-state index contributed by atoms with van der Waals surface area (Å²) in [6.45, 7) is -0.232. The first-order valence-corrected chi connectivity index (χ1v) is 6.25. The molecule has 0 amide bonds. The molecule has 1 fully saturated rings. The van der Waals surface area contributed by atoms with Gasteiger partial charge < -0.3 is 0 Å². The number of halogens is 4. The van der Waals surface area contributed by atoms with E-state index in [0.29, 0.717) is 11.9 Å². The van der Waals surface area contributed by atoms with E-state index in [2.05, 4.69) is 15.9 Å². The number of hydrogen-bond acceptors (Lipinski definition) is 2. The van der Waals surface area contributed by atoms with E-state index in [0.717, 1.165) is 11.5 Å². The fourth-order valence-corrected chi connectivity index (χ4v) is 3.34. The summed E-state index contributed by atoms with van der Waals surface area (Å²) >= 11 is 4.95. The topological polar surface area (TPSA) is 3.24 Å². The maximum atomic E-state index is 12.1. The minimum Gasteiger partial charge on any atom is -0.290 e.